The van der Waals surface area contributed by atoms with Crippen molar-refractivity contribution in [2.75, 3.05) is 0 Å². The van der Waals surface area contributed by atoms with E-state index in [0.717, 1.165) is 6.42 Å². The zero-order chi connectivity index (χ0) is 4.12. The minimum atomic E-state index is 0.847. The van der Waals surface area contributed by atoms with Gasteiger partial charge in [0.25, 0.3) is 0 Å². The maximum absolute atomic E-state index is 3.47. The van der Waals surface area contributed by atoms with Crippen LogP contribution in [0.2, 0.25) is 0 Å². The van der Waals surface area contributed by atoms with E-state index in [9.17, 15) is 0 Å². The summed E-state index contributed by atoms with van der Waals surface area (Å²) < 4.78 is 0. The predicted molar refractivity (Wildman–Crippen MR) is 25.6 cm³/mol. The van der Waals surface area contributed by atoms with E-state index in [4.69, 9.17) is 0 Å². The van der Waals surface area contributed by atoms with Crippen LogP contribution in [0, 0.1) is 0 Å². The van der Waals surface area contributed by atoms with Crippen LogP contribution in [-0.2, 0) is 0 Å². The second kappa shape index (κ2) is 4.13. The minimum absolute atomic E-state index is 0.847. The SMILES string of the molecule is C=CC[C]=[Se]. The van der Waals surface area contributed by atoms with Gasteiger partial charge in [0.1, 0.15) is 0 Å². The van der Waals surface area contributed by atoms with E-state index in [0.29, 0.717) is 0 Å². The quantitative estimate of drug-likeness (QED) is 0.377. The molecule has 0 N–H and O–H groups in total. The first-order valence-electron chi connectivity index (χ1n) is 1.37. The van der Waals surface area contributed by atoms with Crippen molar-refractivity contribution in [3.63, 3.8) is 0 Å². The molecule has 27 valence electrons. The molecule has 0 aliphatic carbocycles. The Hall–Kier alpha value is 0.129. The summed E-state index contributed by atoms with van der Waals surface area (Å²) in [7, 11) is 0. The Morgan fingerprint density at radius 2 is 2.60 bits per heavy atom. The second-order valence-electron chi connectivity index (χ2n) is 0.637. The van der Waals surface area contributed by atoms with Gasteiger partial charge in [-0.15, -0.1) is 0 Å². The van der Waals surface area contributed by atoms with E-state index >= 15 is 0 Å². The van der Waals surface area contributed by atoms with Crippen LogP contribution >= 0.6 is 0 Å². The van der Waals surface area contributed by atoms with Crippen molar-refractivity contribution in [1.82, 2.24) is 0 Å². The standard InChI is InChI=1S/C4H5Se/c1-2-3-4-5/h2H,1,3H2. The van der Waals surface area contributed by atoms with Gasteiger partial charge in [0.05, 0.1) is 0 Å². The summed E-state index contributed by atoms with van der Waals surface area (Å²) in [5, 5.41) is 0. The summed E-state index contributed by atoms with van der Waals surface area (Å²) in [6, 6.07) is 0. The Bertz CT molecular complexity index is 32.9. The van der Waals surface area contributed by atoms with Crippen LogP contribution < -0.4 is 0 Å². The molecule has 0 aliphatic heterocycles. The molecule has 0 saturated carbocycles. The van der Waals surface area contributed by atoms with Gasteiger partial charge in [0.15, 0.2) is 0 Å². The average Bonchev–Trinajstić information content (AvgIpc) is 1.41. The summed E-state index contributed by atoms with van der Waals surface area (Å²) in [4.78, 5) is 2.77. The van der Waals surface area contributed by atoms with Gasteiger partial charge in [-0.3, -0.25) is 0 Å². The Morgan fingerprint density at radius 3 is 2.60 bits per heavy atom. The molecule has 0 nitrogen and oxygen atoms in total. The first-order chi connectivity index (χ1) is 2.41. The molecular weight excluding hydrogens is 127 g/mol. The number of hydrogen-bond donors (Lipinski definition) is 0. The van der Waals surface area contributed by atoms with Crippen LogP contribution in [0.4, 0.5) is 0 Å². The monoisotopic (exact) mass is 133 g/mol. The Labute approximate surface area is 40.2 Å². The number of hydrogen-bond acceptors (Lipinski definition) is 0. The molecule has 0 aliphatic rings. The molecule has 0 amide bonds. The van der Waals surface area contributed by atoms with Gasteiger partial charge >= 0.3 is 39.6 Å². The number of allylic oxidation sites excluding steroid dienone is 1. The van der Waals surface area contributed by atoms with E-state index in [2.05, 4.69) is 27.1 Å². The van der Waals surface area contributed by atoms with E-state index < -0.39 is 0 Å². The van der Waals surface area contributed by atoms with Crippen molar-refractivity contribution in [2.45, 2.75) is 6.42 Å². The fraction of sp³-hybridized carbons (Fsp3) is 0.250. The molecule has 1 heteroatoms. The summed E-state index contributed by atoms with van der Waals surface area (Å²) >= 11 is 2.62. The van der Waals surface area contributed by atoms with Crippen molar-refractivity contribution >= 4 is 20.5 Å². The molecule has 0 aromatic rings. The van der Waals surface area contributed by atoms with Gasteiger partial charge in [-0.2, -0.15) is 0 Å². The van der Waals surface area contributed by atoms with Crippen molar-refractivity contribution in [1.29, 1.82) is 0 Å². The van der Waals surface area contributed by atoms with E-state index in [-0.39, 0.29) is 0 Å². The van der Waals surface area contributed by atoms with Crippen molar-refractivity contribution < 1.29 is 0 Å². The van der Waals surface area contributed by atoms with Crippen molar-refractivity contribution in [3.05, 3.63) is 12.7 Å². The van der Waals surface area contributed by atoms with E-state index in [1.807, 2.05) is 0 Å². The van der Waals surface area contributed by atoms with Crippen LogP contribution in [0.5, 0.6) is 0 Å². The molecule has 1 radical (unpaired) electrons. The van der Waals surface area contributed by atoms with Crippen molar-refractivity contribution in [3.8, 4) is 0 Å². The molecule has 0 unspecified atom stereocenters. The van der Waals surface area contributed by atoms with E-state index in [1.165, 1.54) is 0 Å². The van der Waals surface area contributed by atoms with Gasteiger partial charge in [0, 0.05) is 0 Å². The van der Waals surface area contributed by atoms with Crippen molar-refractivity contribution in [2.24, 2.45) is 0 Å². The Morgan fingerprint density at radius 1 is 2.00 bits per heavy atom. The first-order valence-corrected chi connectivity index (χ1v) is 2.23. The average molecular weight is 132 g/mol. The van der Waals surface area contributed by atoms with Gasteiger partial charge < -0.3 is 0 Å². The third-order valence-electron chi connectivity index (χ3n) is 0.228. The zero-order valence-electron chi connectivity index (χ0n) is 2.90. The summed E-state index contributed by atoms with van der Waals surface area (Å²) in [6.45, 7) is 3.47. The molecule has 0 spiro atoms. The molecule has 0 saturated heterocycles. The van der Waals surface area contributed by atoms with E-state index in [1.54, 1.807) is 6.08 Å². The van der Waals surface area contributed by atoms with Gasteiger partial charge in [-0.05, 0) is 0 Å². The Balaban J connectivity index is 2.65. The van der Waals surface area contributed by atoms with Crippen LogP contribution in [0.25, 0.3) is 0 Å². The zero-order valence-corrected chi connectivity index (χ0v) is 4.61. The summed E-state index contributed by atoms with van der Waals surface area (Å²) in [5.74, 6) is 0. The third kappa shape index (κ3) is 4.13. The predicted octanol–water partition coefficient (Wildman–Crippen LogP) is 0.410. The molecule has 0 atom stereocenters. The molecular formula is C4H5Se. The fourth-order valence-electron chi connectivity index (χ4n) is 0.0589. The summed E-state index contributed by atoms with van der Waals surface area (Å²) in [6.07, 6.45) is 2.64. The maximum atomic E-state index is 3.47. The fourth-order valence-corrected chi connectivity index (χ4v) is 0.306. The molecule has 0 aromatic heterocycles. The van der Waals surface area contributed by atoms with Gasteiger partial charge in [-0.25, -0.2) is 0 Å². The molecule has 0 heterocycles. The molecule has 0 aromatic carbocycles. The second-order valence-corrected chi connectivity index (χ2v) is 1.24. The summed E-state index contributed by atoms with van der Waals surface area (Å²) in [5.41, 5.74) is 0. The van der Waals surface area contributed by atoms with Gasteiger partial charge in [0.2, 0.25) is 0 Å². The topological polar surface area (TPSA) is 0 Å². The van der Waals surface area contributed by atoms with Crippen LogP contribution in [0.3, 0.4) is 0 Å². The normalized spacial score (nSPS) is 6.40. The Kier molecular flexibility index (Phi) is 4.24. The number of rotatable bonds is 2. The van der Waals surface area contributed by atoms with Crippen LogP contribution in [0.15, 0.2) is 12.7 Å². The third-order valence-corrected chi connectivity index (χ3v) is 0.577. The molecule has 0 fully saturated rings. The molecule has 5 heavy (non-hydrogen) atoms. The van der Waals surface area contributed by atoms with Gasteiger partial charge in [-0.1, -0.05) is 0 Å². The van der Waals surface area contributed by atoms with Crippen LogP contribution in [-0.4, -0.2) is 20.5 Å². The molecule has 0 bridgehead atoms. The first kappa shape index (κ1) is 5.13. The molecule has 0 rings (SSSR count). The van der Waals surface area contributed by atoms with Crippen LogP contribution in [0.1, 0.15) is 6.42 Å².